The molecule has 8 nitrogen and oxygen atoms in total. The molecule has 2 N–H and O–H groups in total. The maximum absolute atomic E-state index is 12.9. The molecule has 0 aliphatic carbocycles. The zero-order valence-corrected chi connectivity index (χ0v) is 22.0. The Morgan fingerprint density at radius 1 is 1.08 bits per heavy atom. The molecule has 0 radical (unpaired) electrons. The van der Waals surface area contributed by atoms with Crippen LogP contribution in [0.2, 0.25) is 0 Å². The number of piperidine rings is 3. The second-order valence-corrected chi connectivity index (χ2v) is 11.4. The van der Waals surface area contributed by atoms with Gasteiger partial charge in [-0.15, -0.1) is 0 Å². The Kier molecular flexibility index (Phi) is 7.60. The average molecular weight is 534 g/mol. The summed E-state index contributed by atoms with van der Waals surface area (Å²) in [5.41, 5.74) is 2.93. The van der Waals surface area contributed by atoms with Gasteiger partial charge in [0.2, 0.25) is 0 Å². The second kappa shape index (κ2) is 11.1. The predicted octanol–water partition coefficient (Wildman–Crippen LogP) is 4.50. The minimum Gasteiger partial charge on any atom is -0.451 e. The number of hydrogen-bond acceptors (Lipinski definition) is 6. The number of pyridine rings is 1. The van der Waals surface area contributed by atoms with Crippen molar-refractivity contribution >= 4 is 27.0 Å². The van der Waals surface area contributed by atoms with Crippen molar-refractivity contribution in [1.82, 2.24) is 15.2 Å². The Hall–Kier alpha value is -3.53. The first-order valence-electron chi connectivity index (χ1n) is 12.7. The number of amides is 1. The number of hydrogen-bond donors (Lipinski definition) is 2. The Bertz CT molecular complexity index is 1460. The number of rotatable bonds is 5. The minimum absolute atomic E-state index is 0.0666. The fraction of sp³-hybridized carbons (Fsp3) is 0.310. The molecule has 9 heteroatoms. The lowest BCUT2D eigenvalue weighted by Crippen LogP contribution is -2.64. The fourth-order valence-electron chi connectivity index (χ4n) is 5.41. The van der Waals surface area contributed by atoms with Crippen molar-refractivity contribution in [2.24, 2.45) is 5.92 Å². The van der Waals surface area contributed by atoms with Crippen LogP contribution in [0.3, 0.4) is 0 Å². The van der Waals surface area contributed by atoms with Crippen LogP contribution in [0.4, 0.5) is 0 Å². The predicted molar refractivity (Wildman–Crippen MR) is 144 cm³/mol. The van der Waals surface area contributed by atoms with E-state index >= 15 is 0 Å². The van der Waals surface area contributed by atoms with Crippen LogP contribution in [-0.2, 0) is 16.5 Å². The molecule has 1 amide bonds. The van der Waals surface area contributed by atoms with E-state index in [9.17, 15) is 13.2 Å². The van der Waals surface area contributed by atoms with Gasteiger partial charge >= 0.3 is 0 Å². The van der Waals surface area contributed by atoms with Crippen LogP contribution in [0.25, 0.3) is 11.0 Å². The molecule has 2 unspecified atom stereocenters. The molecule has 5 heterocycles. The van der Waals surface area contributed by atoms with Gasteiger partial charge in [-0.05, 0) is 81.1 Å². The van der Waals surface area contributed by atoms with Gasteiger partial charge in [0.25, 0.3) is 16.0 Å². The highest BCUT2D eigenvalue weighted by molar-refractivity contribution is 7.85. The Labute approximate surface area is 222 Å². The van der Waals surface area contributed by atoms with E-state index in [0.29, 0.717) is 17.7 Å². The Balaban J connectivity index is 0.000000226. The first kappa shape index (κ1) is 26.1. The third kappa shape index (κ3) is 5.96. The maximum Gasteiger partial charge on any atom is 0.294 e. The number of aromatic nitrogens is 1. The van der Waals surface area contributed by atoms with Gasteiger partial charge in [0.05, 0.1) is 4.90 Å². The molecule has 3 saturated heterocycles. The number of nitrogens with zero attached hydrogens (tertiary/aromatic N) is 2. The molecule has 2 atom stereocenters. The van der Waals surface area contributed by atoms with E-state index in [-0.39, 0.29) is 16.8 Å². The summed E-state index contributed by atoms with van der Waals surface area (Å²) >= 11 is 0. The average Bonchev–Trinajstić information content (AvgIpc) is 3.36. The topological polar surface area (TPSA) is 113 Å². The summed E-state index contributed by atoms with van der Waals surface area (Å²) < 4.78 is 35.3. The Morgan fingerprint density at radius 2 is 1.82 bits per heavy atom. The molecule has 3 aliphatic heterocycles. The molecular formula is C29H31N3O5S. The van der Waals surface area contributed by atoms with Crippen LogP contribution in [0.15, 0.2) is 88.4 Å². The third-order valence-corrected chi connectivity index (χ3v) is 8.27. The zero-order chi connectivity index (χ0) is 26.7. The normalized spacial score (nSPS) is 22.5. The number of carbonyl (C=O) groups is 1. The summed E-state index contributed by atoms with van der Waals surface area (Å²) in [6.45, 7) is 4.08. The van der Waals surface area contributed by atoms with E-state index in [4.69, 9.17) is 8.97 Å². The first-order chi connectivity index (χ1) is 18.3. The van der Waals surface area contributed by atoms with Crippen molar-refractivity contribution in [2.45, 2.75) is 43.2 Å². The molecule has 38 heavy (non-hydrogen) atoms. The summed E-state index contributed by atoms with van der Waals surface area (Å²) in [4.78, 5) is 19.6. The number of nitrogens with one attached hydrogen (secondary N) is 1. The van der Waals surface area contributed by atoms with Crippen molar-refractivity contribution < 1.29 is 22.2 Å². The van der Waals surface area contributed by atoms with E-state index in [0.717, 1.165) is 48.9 Å². The van der Waals surface area contributed by atoms with Crippen molar-refractivity contribution in [2.75, 3.05) is 13.1 Å². The van der Waals surface area contributed by atoms with Gasteiger partial charge in [0.1, 0.15) is 5.58 Å². The van der Waals surface area contributed by atoms with E-state index in [2.05, 4.69) is 21.3 Å². The van der Waals surface area contributed by atoms with Gasteiger partial charge < -0.3 is 9.73 Å². The van der Waals surface area contributed by atoms with Crippen molar-refractivity contribution in [3.63, 3.8) is 0 Å². The summed E-state index contributed by atoms with van der Waals surface area (Å²) in [5, 5.41) is 4.26. The molecule has 2 aromatic heterocycles. The number of furan rings is 1. The SMILES string of the molecule is Cc1ccc(S(=O)(=O)O)cc1.O=C(NC1C2CCN(CC2)C1Cc1cccnc1)c1cc2ccccc2o1. The van der Waals surface area contributed by atoms with Gasteiger partial charge in [0.15, 0.2) is 5.76 Å². The van der Waals surface area contributed by atoms with Gasteiger partial charge in [-0.3, -0.25) is 19.2 Å². The number of benzene rings is 2. The largest absolute Gasteiger partial charge is 0.451 e. The molecule has 0 saturated carbocycles. The smallest absolute Gasteiger partial charge is 0.294 e. The van der Waals surface area contributed by atoms with Gasteiger partial charge in [0, 0.05) is 29.9 Å². The minimum atomic E-state index is -4.02. The molecule has 0 spiro atoms. The monoisotopic (exact) mass is 533 g/mol. The highest BCUT2D eigenvalue weighted by Crippen LogP contribution is 2.34. The summed E-state index contributed by atoms with van der Waals surface area (Å²) in [6, 6.07) is 20.1. The summed E-state index contributed by atoms with van der Waals surface area (Å²) in [5.74, 6) is 0.818. The second-order valence-electron chi connectivity index (χ2n) is 9.94. The van der Waals surface area contributed by atoms with Crippen LogP contribution in [-0.4, -0.2) is 53.9 Å². The van der Waals surface area contributed by atoms with Gasteiger partial charge in [-0.25, -0.2) is 0 Å². The lowest BCUT2D eigenvalue weighted by molar-refractivity contribution is 0.0131. The highest BCUT2D eigenvalue weighted by atomic mass is 32.2. The van der Waals surface area contributed by atoms with Gasteiger partial charge in [-0.1, -0.05) is 42.0 Å². The first-order valence-corrected chi connectivity index (χ1v) is 14.2. The molecule has 2 aromatic carbocycles. The number of carbonyl (C=O) groups excluding carboxylic acids is 1. The maximum atomic E-state index is 12.9. The quantitative estimate of drug-likeness (QED) is 0.363. The van der Waals surface area contributed by atoms with Crippen molar-refractivity contribution in [3.05, 3.63) is 96.0 Å². The fourth-order valence-corrected chi connectivity index (χ4v) is 5.89. The van der Waals surface area contributed by atoms with Crippen LogP contribution in [0.1, 0.15) is 34.5 Å². The molecule has 3 aliphatic rings. The zero-order valence-electron chi connectivity index (χ0n) is 21.2. The number of para-hydroxylation sites is 1. The standard InChI is InChI=1S/C22H23N3O2.C7H8O3S/c26-22(20-13-17-5-1-2-6-19(17)27-20)24-21-16-7-10-25(11-8-16)18(21)12-15-4-3-9-23-14-15;1-6-2-4-7(5-3-6)11(8,9)10/h1-6,9,13-14,16,18,21H,7-8,10-12H2,(H,24,26);2-5H,1H3,(H,8,9,10). The lowest BCUT2D eigenvalue weighted by Gasteiger charge is -2.51. The third-order valence-electron chi connectivity index (χ3n) is 7.40. The van der Waals surface area contributed by atoms with E-state index in [1.807, 2.05) is 49.5 Å². The number of aryl methyl sites for hydroxylation is 1. The Morgan fingerprint density at radius 3 is 2.47 bits per heavy atom. The van der Waals surface area contributed by atoms with E-state index in [1.165, 1.54) is 17.7 Å². The van der Waals surface area contributed by atoms with Crippen LogP contribution >= 0.6 is 0 Å². The van der Waals surface area contributed by atoms with Gasteiger partial charge in [-0.2, -0.15) is 8.42 Å². The van der Waals surface area contributed by atoms with Crippen LogP contribution < -0.4 is 5.32 Å². The molecule has 7 rings (SSSR count). The summed E-state index contributed by atoms with van der Waals surface area (Å²) in [6.07, 6.45) is 6.94. The molecule has 198 valence electrons. The molecule has 4 aromatic rings. The molecule has 3 fully saturated rings. The van der Waals surface area contributed by atoms with Crippen molar-refractivity contribution in [3.8, 4) is 0 Å². The summed E-state index contributed by atoms with van der Waals surface area (Å²) in [7, 11) is -4.02. The number of fused-ring (bicyclic) bond motifs is 4. The van der Waals surface area contributed by atoms with E-state index in [1.54, 1.807) is 18.3 Å². The van der Waals surface area contributed by atoms with Crippen molar-refractivity contribution in [1.29, 1.82) is 0 Å². The highest BCUT2D eigenvalue weighted by Gasteiger charge is 2.43. The molecule has 2 bridgehead atoms. The van der Waals surface area contributed by atoms with Crippen LogP contribution in [0.5, 0.6) is 0 Å². The van der Waals surface area contributed by atoms with E-state index < -0.39 is 10.1 Å². The molecular weight excluding hydrogens is 502 g/mol. The van der Waals surface area contributed by atoms with Crippen LogP contribution in [0, 0.1) is 12.8 Å². The lowest BCUT2D eigenvalue weighted by atomic mass is 9.76.